The van der Waals surface area contributed by atoms with Gasteiger partial charge in [0.1, 0.15) is 0 Å². The van der Waals surface area contributed by atoms with Crippen LogP contribution in [0.5, 0.6) is 0 Å². The van der Waals surface area contributed by atoms with Crippen molar-refractivity contribution in [2.45, 2.75) is 26.4 Å². The fourth-order valence-corrected chi connectivity index (χ4v) is 1.76. The van der Waals surface area contributed by atoms with Gasteiger partial charge in [-0.2, -0.15) is 0 Å². The molecule has 0 saturated heterocycles. The lowest BCUT2D eigenvalue weighted by Gasteiger charge is -2.24. The van der Waals surface area contributed by atoms with Crippen LogP contribution in [0.3, 0.4) is 0 Å². The number of nitrogens with two attached hydrogens (primary N) is 1. The maximum atomic E-state index is 11.9. The number of carbonyl (C=O) groups is 1. The number of rotatable bonds is 7. The quantitative estimate of drug-likeness (QED) is 0.681. The van der Waals surface area contributed by atoms with Gasteiger partial charge in [-0.15, -0.1) is 0 Å². The lowest BCUT2D eigenvalue weighted by Crippen LogP contribution is -2.39. The van der Waals surface area contributed by atoms with Crippen LogP contribution in [-0.4, -0.2) is 41.7 Å². The topological polar surface area (TPSA) is 78.6 Å². The highest BCUT2D eigenvalue weighted by molar-refractivity contribution is 5.92. The molecule has 0 aromatic heterocycles. The van der Waals surface area contributed by atoms with Crippen molar-refractivity contribution in [1.29, 1.82) is 0 Å². The van der Waals surface area contributed by atoms with Crippen LogP contribution in [0, 0.1) is 0 Å². The molecule has 1 amide bonds. The second-order valence-electron chi connectivity index (χ2n) is 4.74. The molecule has 0 bridgehead atoms. The van der Waals surface area contributed by atoms with Gasteiger partial charge in [0, 0.05) is 24.8 Å². The Bertz CT molecular complexity index is 390. The van der Waals surface area contributed by atoms with E-state index in [1.165, 1.54) is 0 Å². The van der Waals surface area contributed by atoms with Gasteiger partial charge in [-0.05, 0) is 31.5 Å². The Hall–Kier alpha value is -1.43. The highest BCUT2D eigenvalue weighted by Gasteiger charge is 2.13. The minimum Gasteiger partial charge on any atom is -0.395 e. The summed E-state index contributed by atoms with van der Waals surface area (Å²) < 4.78 is 0. The standard InChI is InChI=1S/C14H23N3O2/c1-11(2)17(7-8-18)10-14(19)16-13-5-3-12(9-15)4-6-13/h3-6,11,18H,7-10,15H2,1-2H3,(H,16,19). The van der Waals surface area contributed by atoms with Crippen LogP contribution in [-0.2, 0) is 11.3 Å². The Morgan fingerprint density at radius 2 is 2.00 bits per heavy atom. The molecule has 5 heteroatoms. The summed E-state index contributed by atoms with van der Waals surface area (Å²) in [5.74, 6) is -0.0809. The van der Waals surface area contributed by atoms with E-state index in [-0.39, 0.29) is 25.1 Å². The van der Waals surface area contributed by atoms with Gasteiger partial charge < -0.3 is 16.2 Å². The summed E-state index contributed by atoms with van der Waals surface area (Å²) in [5, 5.41) is 11.8. The molecule has 1 rings (SSSR count). The van der Waals surface area contributed by atoms with Crippen molar-refractivity contribution in [3.8, 4) is 0 Å². The van der Waals surface area contributed by atoms with Gasteiger partial charge in [-0.1, -0.05) is 12.1 Å². The Balaban J connectivity index is 2.53. The average molecular weight is 265 g/mol. The van der Waals surface area contributed by atoms with Gasteiger partial charge in [0.15, 0.2) is 0 Å². The minimum atomic E-state index is -0.0809. The number of carbonyl (C=O) groups excluding carboxylic acids is 1. The van der Waals surface area contributed by atoms with E-state index in [4.69, 9.17) is 10.8 Å². The predicted octanol–water partition coefficient (Wildman–Crippen LogP) is 0.786. The summed E-state index contributed by atoms with van der Waals surface area (Å²) in [7, 11) is 0. The van der Waals surface area contributed by atoms with Crippen molar-refractivity contribution in [1.82, 2.24) is 4.90 Å². The molecular formula is C14H23N3O2. The van der Waals surface area contributed by atoms with Crippen LogP contribution in [0.1, 0.15) is 19.4 Å². The van der Waals surface area contributed by atoms with Crippen molar-refractivity contribution in [3.63, 3.8) is 0 Å². The number of hydrogen-bond acceptors (Lipinski definition) is 4. The molecule has 0 spiro atoms. The molecule has 0 aliphatic heterocycles. The van der Waals surface area contributed by atoms with Crippen LogP contribution in [0.2, 0.25) is 0 Å². The molecule has 1 aromatic carbocycles. The number of aliphatic hydroxyl groups is 1. The molecule has 0 unspecified atom stereocenters. The summed E-state index contributed by atoms with van der Waals surface area (Å²) in [6, 6.07) is 7.68. The second-order valence-corrected chi connectivity index (χ2v) is 4.74. The normalized spacial score (nSPS) is 11.1. The summed E-state index contributed by atoms with van der Waals surface area (Å²) in [5.41, 5.74) is 7.30. The zero-order valence-electron chi connectivity index (χ0n) is 11.6. The first kappa shape index (κ1) is 15.6. The maximum absolute atomic E-state index is 11.9. The molecule has 0 fully saturated rings. The van der Waals surface area contributed by atoms with Crippen molar-refractivity contribution >= 4 is 11.6 Å². The lowest BCUT2D eigenvalue weighted by molar-refractivity contribution is -0.117. The van der Waals surface area contributed by atoms with Gasteiger partial charge in [0.2, 0.25) is 5.91 Å². The Kier molecular flexibility index (Phi) is 6.49. The summed E-state index contributed by atoms with van der Waals surface area (Å²) >= 11 is 0. The third kappa shape index (κ3) is 5.38. The van der Waals surface area contributed by atoms with Gasteiger partial charge in [-0.25, -0.2) is 0 Å². The largest absolute Gasteiger partial charge is 0.395 e. The van der Waals surface area contributed by atoms with Gasteiger partial charge in [-0.3, -0.25) is 9.69 Å². The first-order valence-electron chi connectivity index (χ1n) is 6.50. The van der Waals surface area contributed by atoms with E-state index in [0.29, 0.717) is 13.1 Å². The Morgan fingerprint density at radius 3 is 2.47 bits per heavy atom. The third-order valence-electron chi connectivity index (χ3n) is 2.94. The number of nitrogens with zero attached hydrogens (tertiary/aromatic N) is 1. The third-order valence-corrected chi connectivity index (χ3v) is 2.94. The molecule has 1 aromatic rings. The Morgan fingerprint density at radius 1 is 1.37 bits per heavy atom. The number of nitrogens with one attached hydrogen (secondary N) is 1. The number of amides is 1. The fourth-order valence-electron chi connectivity index (χ4n) is 1.76. The van der Waals surface area contributed by atoms with Crippen LogP contribution in [0.4, 0.5) is 5.69 Å². The monoisotopic (exact) mass is 265 g/mol. The van der Waals surface area contributed by atoms with Gasteiger partial charge >= 0.3 is 0 Å². The van der Waals surface area contributed by atoms with E-state index in [9.17, 15) is 4.79 Å². The lowest BCUT2D eigenvalue weighted by atomic mass is 10.2. The van der Waals surface area contributed by atoms with Crippen molar-refractivity contribution in [3.05, 3.63) is 29.8 Å². The van der Waals surface area contributed by atoms with Crippen LogP contribution >= 0.6 is 0 Å². The van der Waals surface area contributed by atoms with E-state index in [1.807, 2.05) is 43.0 Å². The van der Waals surface area contributed by atoms with E-state index in [2.05, 4.69) is 5.32 Å². The highest BCUT2D eigenvalue weighted by atomic mass is 16.3. The highest BCUT2D eigenvalue weighted by Crippen LogP contribution is 2.09. The molecule has 106 valence electrons. The zero-order valence-corrected chi connectivity index (χ0v) is 11.6. The summed E-state index contributed by atoms with van der Waals surface area (Å²) in [4.78, 5) is 13.8. The SMILES string of the molecule is CC(C)N(CCO)CC(=O)Nc1ccc(CN)cc1. The molecular weight excluding hydrogens is 242 g/mol. The molecule has 4 N–H and O–H groups in total. The average Bonchev–Trinajstić information content (AvgIpc) is 2.39. The first-order chi connectivity index (χ1) is 9.06. The summed E-state index contributed by atoms with van der Waals surface area (Å²) in [6.07, 6.45) is 0. The number of anilines is 1. The van der Waals surface area contributed by atoms with E-state index >= 15 is 0 Å². The molecule has 0 atom stereocenters. The molecule has 5 nitrogen and oxygen atoms in total. The zero-order chi connectivity index (χ0) is 14.3. The smallest absolute Gasteiger partial charge is 0.238 e. The predicted molar refractivity (Wildman–Crippen MR) is 76.8 cm³/mol. The van der Waals surface area contributed by atoms with Crippen LogP contribution < -0.4 is 11.1 Å². The van der Waals surface area contributed by atoms with Gasteiger partial charge in [0.05, 0.1) is 13.2 Å². The second kappa shape index (κ2) is 7.89. The summed E-state index contributed by atoms with van der Waals surface area (Å²) in [6.45, 7) is 5.31. The molecule has 0 heterocycles. The number of benzene rings is 1. The van der Waals surface area contributed by atoms with Crippen molar-refractivity contribution in [2.75, 3.05) is 25.0 Å². The van der Waals surface area contributed by atoms with Crippen LogP contribution in [0.15, 0.2) is 24.3 Å². The molecule has 19 heavy (non-hydrogen) atoms. The number of aliphatic hydroxyl groups excluding tert-OH is 1. The molecule has 0 saturated carbocycles. The van der Waals surface area contributed by atoms with E-state index in [0.717, 1.165) is 11.3 Å². The van der Waals surface area contributed by atoms with Crippen LogP contribution in [0.25, 0.3) is 0 Å². The molecule has 0 aliphatic rings. The van der Waals surface area contributed by atoms with Crippen molar-refractivity contribution in [2.24, 2.45) is 5.73 Å². The fraction of sp³-hybridized carbons (Fsp3) is 0.500. The number of hydrogen-bond donors (Lipinski definition) is 3. The molecule has 0 aliphatic carbocycles. The minimum absolute atomic E-state index is 0.0522. The molecule has 0 radical (unpaired) electrons. The van der Waals surface area contributed by atoms with Gasteiger partial charge in [0.25, 0.3) is 0 Å². The maximum Gasteiger partial charge on any atom is 0.238 e. The van der Waals surface area contributed by atoms with E-state index < -0.39 is 0 Å². The Labute approximate surface area is 114 Å². The van der Waals surface area contributed by atoms with Crippen molar-refractivity contribution < 1.29 is 9.90 Å². The van der Waals surface area contributed by atoms with E-state index in [1.54, 1.807) is 0 Å². The first-order valence-corrected chi connectivity index (χ1v) is 6.50.